The molecule has 19 heavy (non-hydrogen) atoms. The summed E-state index contributed by atoms with van der Waals surface area (Å²) in [4.78, 5) is 12.7. The molecule has 1 rings (SSSR count). The van der Waals surface area contributed by atoms with Crippen molar-refractivity contribution in [3.8, 4) is 0 Å². The second kappa shape index (κ2) is 6.01. The van der Waals surface area contributed by atoms with Gasteiger partial charge in [0.2, 0.25) is 11.8 Å². The van der Waals surface area contributed by atoms with Crippen LogP contribution in [0.15, 0.2) is 4.42 Å². The molecule has 0 aliphatic heterocycles. The van der Waals surface area contributed by atoms with E-state index in [1.165, 1.54) is 0 Å². The van der Waals surface area contributed by atoms with E-state index in [0.717, 1.165) is 0 Å². The van der Waals surface area contributed by atoms with Gasteiger partial charge in [0.1, 0.15) is 6.54 Å². The molecule has 1 aromatic heterocycles. The molecule has 1 aromatic rings. The summed E-state index contributed by atoms with van der Waals surface area (Å²) in [5.41, 5.74) is 5.18. The van der Waals surface area contributed by atoms with Crippen molar-refractivity contribution < 1.29 is 9.21 Å². The lowest BCUT2D eigenvalue weighted by molar-refractivity contribution is -0.116. The number of nitrogens with one attached hydrogen (secondary N) is 1. The molecule has 0 aliphatic rings. The molecule has 0 unspecified atom stereocenters. The molecular weight excluding hydrogens is 246 g/mol. The molecule has 108 valence electrons. The number of nitrogens with zero attached hydrogens (tertiary/aromatic N) is 3. The van der Waals surface area contributed by atoms with Crippen LogP contribution in [-0.4, -0.2) is 34.2 Å². The van der Waals surface area contributed by atoms with Crippen molar-refractivity contribution in [1.29, 1.82) is 0 Å². The third kappa shape index (κ3) is 5.25. The number of hydrogen-bond acceptors (Lipinski definition) is 6. The number of nitrogens with two attached hydrogens (primary N) is 1. The fourth-order valence-corrected chi connectivity index (χ4v) is 1.41. The Labute approximate surface area is 113 Å². The maximum absolute atomic E-state index is 11.0. The molecule has 0 spiro atoms. The first-order valence-corrected chi connectivity index (χ1v) is 6.31. The highest BCUT2D eigenvalue weighted by atomic mass is 16.4. The Morgan fingerprint density at radius 2 is 2.05 bits per heavy atom. The highest BCUT2D eigenvalue weighted by Crippen LogP contribution is 2.15. The molecule has 7 heteroatoms. The van der Waals surface area contributed by atoms with Gasteiger partial charge in [-0.15, -0.1) is 5.10 Å². The fraction of sp³-hybridized carbons (Fsp3) is 0.750. The van der Waals surface area contributed by atoms with E-state index in [4.69, 9.17) is 10.2 Å². The summed E-state index contributed by atoms with van der Waals surface area (Å²) in [6.07, 6.45) is 0. The highest BCUT2D eigenvalue weighted by molar-refractivity contribution is 5.78. The zero-order valence-electron chi connectivity index (χ0n) is 12.2. The topological polar surface area (TPSA) is 97.3 Å². The third-order valence-corrected chi connectivity index (χ3v) is 2.42. The van der Waals surface area contributed by atoms with Gasteiger partial charge in [-0.2, -0.15) is 0 Å². The first kappa shape index (κ1) is 15.4. The summed E-state index contributed by atoms with van der Waals surface area (Å²) in [7, 11) is 0. The third-order valence-electron chi connectivity index (χ3n) is 2.42. The molecule has 0 saturated heterocycles. The predicted octanol–water partition coefficient (Wildman–Crippen LogP) is 0.658. The lowest BCUT2D eigenvalue weighted by Crippen LogP contribution is -2.38. The summed E-state index contributed by atoms with van der Waals surface area (Å²) in [5.74, 6) is 0.0568. The van der Waals surface area contributed by atoms with Crippen molar-refractivity contribution in [2.75, 3.05) is 11.4 Å². The van der Waals surface area contributed by atoms with Crippen LogP contribution in [0.3, 0.4) is 0 Å². The first-order valence-electron chi connectivity index (χ1n) is 6.31. The van der Waals surface area contributed by atoms with E-state index in [2.05, 4.69) is 36.3 Å². The second-order valence-corrected chi connectivity index (χ2v) is 5.77. The van der Waals surface area contributed by atoms with Gasteiger partial charge in [0.05, 0.1) is 6.54 Å². The van der Waals surface area contributed by atoms with Crippen LogP contribution < -0.4 is 16.0 Å². The Kier molecular flexibility index (Phi) is 4.88. The number of carbonyl (C=O) groups excluding carboxylic acids is 1. The first-order chi connectivity index (χ1) is 8.69. The van der Waals surface area contributed by atoms with Gasteiger partial charge in [-0.05, 0) is 34.6 Å². The lowest BCUT2D eigenvalue weighted by atomic mass is 10.1. The fourth-order valence-electron chi connectivity index (χ4n) is 1.41. The predicted molar refractivity (Wildman–Crippen MR) is 72.6 cm³/mol. The number of primary amides is 1. The van der Waals surface area contributed by atoms with Gasteiger partial charge >= 0.3 is 6.01 Å². The van der Waals surface area contributed by atoms with Gasteiger partial charge in [-0.3, -0.25) is 4.79 Å². The van der Waals surface area contributed by atoms with E-state index in [1.807, 2.05) is 13.8 Å². The highest BCUT2D eigenvalue weighted by Gasteiger charge is 2.20. The van der Waals surface area contributed by atoms with Crippen molar-refractivity contribution >= 4 is 11.9 Å². The van der Waals surface area contributed by atoms with Crippen molar-refractivity contribution in [2.24, 2.45) is 5.73 Å². The van der Waals surface area contributed by atoms with Gasteiger partial charge in [0, 0.05) is 11.6 Å². The van der Waals surface area contributed by atoms with Crippen LogP contribution in [0.1, 0.15) is 40.5 Å². The van der Waals surface area contributed by atoms with Crippen LogP contribution in [0, 0.1) is 0 Å². The lowest BCUT2D eigenvalue weighted by Gasteiger charge is -2.22. The Morgan fingerprint density at radius 1 is 1.42 bits per heavy atom. The Morgan fingerprint density at radius 3 is 2.53 bits per heavy atom. The van der Waals surface area contributed by atoms with Crippen molar-refractivity contribution in [2.45, 2.75) is 52.7 Å². The molecular formula is C12H23N5O2. The molecule has 0 fully saturated rings. The molecule has 0 radical (unpaired) electrons. The van der Waals surface area contributed by atoms with Crippen molar-refractivity contribution in [3.05, 3.63) is 5.89 Å². The Balaban J connectivity index is 2.73. The molecule has 7 nitrogen and oxygen atoms in total. The summed E-state index contributed by atoms with van der Waals surface area (Å²) < 4.78 is 5.54. The molecule has 1 amide bonds. The number of aromatic nitrogens is 2. The Bertz CT molecular complexity index is 422. The van der Waals surface area contributed by atoms with Gasteiger partial charge in [-0.25, -0.2) is 0 Å². The molecule has 0 aliphatic carbocycles. The quantitative estimate of drug-likeness (QED) is 0.787. The minimum absolute atomic E-state index is 0.0282. The summed E-state index contributed by atoms with van der Waals surface area (Å²) >= 11 is 0. The largest absolute Gasteiger partial charge is 0.407 e. The molecule has 3 N–H and O–H groups in total. The number of rotatable bonds is 6. The van der Waals surface area contributed by atoms with Crippen LogP contribution in [0.4, 0.5) is 6.01 Å². The molecule has 0 saturated carbocycles. The zero-order valence-corrected chi connectivity index (χ0v) is 12.2. The van der Waals surface area contributed by atoms with Crippen LogP contribution in [-0.2, 0) is 11.3 Å². The normalized spacial score (nSPS) is 11.9. The van der Waals surface area contributed by atoms with Gasteiger partial charge in [0.15, 0.2) is 0 Å². The number of amides is 1. The Hall–Kier alpha value is -1.63. The van der Waals surface area contributed by atoms with Gasteiger partial charge in [-0.1, -0.05) is 5.10 Å². The van der Waals surface area contributed by atoms with E-state index in [0.29, 0.717) is 18.5 Å². The van der Waals surface area contributed by atoms with Crippen LogP contribution in [0.5, 0.6) is 0 Å². The average molecular weight is 269 g/mol. The standard InChI is InChI=1S/C12H23N5O2/c1-8(2)17(7-9(13)18)11-16-15-10(19-11)6-14-12(3,4)5/h8,14H,6-7H2,1-5H3,(H2,13,18). The van der Waals surface area contributed by atoms with Crippen molar-refractivity contribution in [1.82, 2.24) is 15.5 Å². The molecule has 0 bridgehead atoms. The minimum Gasteiger partial charge on any atom is -0.407 e. The SMILES string of the molecule is CC(C)N(CC(N)=O)c1nnc(CNC(C)(C)C)o1. The smallest absolute Gasteiger partial charge is 0.318 e. The van der Waals surface area contributed by atoms with Crippen molar-refractivity contribution in [3.63, 3.8) is 0 Å². The summed E-state index contributed by atoms with van der Waals surface area (Å²) in [6.45, 7) is 10.6. The van der Waals surface area contributed by atoms with Gasteiger partial charge < -0.3 is 20.4 Å². The number of hydrogen-bond donors (Lipinski definition) is 2. The maximum Gasteiger partial charge on any atom is 0.318 e. The summed E-state index contributed by atoms with van der Waals surface area (Å²) in [5, 5.41) is 11.2. The van der Waals surface area contributed by atoms with Crippen LogP contribution >= 0.6 is 0 Å². The zero-order chi connectivity index (χ0) is 14.6. The molecule has 1 heterocycles. The van der Waals surface area contributed by atoms with E-state index in [9.17, 15) is 4.79 Å². The number of carbonyl (C=O) groups is 1. The van der Waals surface area contributed by atoms with Crippen LogP contribution in [0.2, 0.25) is 0 Å². The van der Waals surface area contributed by atoms with E-state index in [1.54, 1.807) is 4.90 Å². The summed E-state index contributed by atoms with van der Waals surface area (Å²) in [6, 6.07) is 0.371. The van der Waals surface area contributed by atoms with Gasteiger partial charge in [0.25, 0.3) is 0 Å². The maximum atomic E-state index is 11.0. The van der Waals surface area contributed by atoms with E-state index in [-0.39, 0.29) is 18.1 Å². The average Bonchev–Trinajstić information content (AvgIpc) is 2.70. The minimum atomic E-state index is -0.429. The van der Waals surface area contributed by atoms with Crippen LogP contribution in [0.25, 0.3) is 0 Å². The molecule has 0 aromatic carbocycles. The van der Waals surface area contributed by atoms with E-state index >= 15 is 0 Å². The monoisotopic (exact) mass is 269 g/mol. The number of anilines is 1. The van der Waals surface area contributed by atoms with E-state index < -0.39 is 5.91 Å². The second-order valence-electron chi connectivity index (χ2n) is 5.77. The molecule has 0 atom stereocenters.